The summed E-state index contributed by atoms with van der Waals surface area (Å²) in [6, 6.07) is 0. The van der Waals surface area contributed by atoms with E-state index in [1.54, 1.807) is 0 Å². The van der Waals surface area contributed by atoms with Gasteiger partial charge in [0.1, 0.15) is 5.78 Å². The Bertz CT molecular complexity index is 312. The molecule has 4 nitrogen and oxygen atoms in total. The molecule has 1 saturated heterocycles. The molecule has 0 N–H and O–H groups in total. The fourth-order valence-electron chi connectivity index (χ4n) is 1.53. The predicted molar refractivity (Wildman–Crippen MR) is 59.1 cm³/mol. The van der Waals surface area contributed by atoms with Gasteiger partial charge in [-0.2, -0.15) is 0 Å². The Balaban J connectivity index is 2.50. The number of hydrogen-bond donors (Lipinski definition) is 0. The molecule has 15 heavy (non-hydrogen) atoms. The molecule has 0 amide bonds. The van der Waals surface area contributed by atoms with Crippen molar-refractivity contribution in [2.75, 3.05) is 18.8 Å². The fraction of sp³-hybridized carbons (Fsp3) is 0.900. The second-order valence-electron chi connectivity index (χ2n) is 4.44. The first-order valence-electron chi connectivity index (χ1n) is 5.41. The van der Waals surface area contributed by atoms with Gasteiger partial charge in [-0.1, -0.05) is 13.8 Å². The minimum absolute atomic E-state index is 0.172. The second-order valence-corrected chi connectivity index (χ2v) is 6.52. The van der Waals surface area contributed by atoms with E-state index in [9.17, 15) is 13.2 Å². The number of rotatable bonds is 4. The fourth-order valence-corrected chi connectivity index (χ4v) is 3.29. The first kappa shape index (κ1) is 12.6. The Morgan fingerprint density at radius 3 is 2.27 bits per heavy atom. The van der Waals surface area contributed by atoms with Crippen LogP contribution in [0.2, 0.25) is 0 Å². The van der Waals surface area contributed by atoms with E-state index in [4.69, 9.17) is 0 Å². The van der Waals surface area contributed by atoms with E-state index in [2.05, 4.69) is 0 Å². The highest BCUT2D eigenvalue weighted by atomic mass is 32.2. The number of carbonyl (C=O) groups is 1. The minimum Gasteiger partial charge on any atom is -0.300 e. The standard InChI is InChI=1S/C10H19NO3S/c1-9(2)5-8-15(13,14)11-6-3-10(12)4-7-11/h9H,3-8H2,1-2H3. The third-order valence-corrected chi connectivity index (χ3v) is 4.53. The molecular formula is C10H19NO3S. The summed E-state index contributed by atoms with van der Waals surface area (Å²) in [4.78, 5) is 11.0. The lowest BCUT2D eigenvalue weighted by Crippen LogP contribution is -2.40. The van der Waals surface area contributed by atoms with Crippen molar-refractivity contribution in [1.29, 1.82) is 0 Å². The first-order valence-corrected chi connectivity index (χ1v) is 7.02. The van der Waals surface area contributed by atoms with E-state index in [1.165, 1.54) is 4.31 Å². The van der Waals surface area contributed by atoms with E-state index < -0.39 is 10.0 Å². The molecule has 0 saturated carbocycles. The van der Waals surface area contributed by atoms with Crippen molar-refractivity contribution in [3.63, 3.8) is 0 Å². The molecular weight excluding hydrogens is 214 g/mol. The second kappa shape index (κ2) is 5.07. The van der Waals surface area contributed by atoms with Crippen LogP contribution in [0.4, 0.5) is 0 Å². The molecule has 1 aliphatic heterocycles. The zero-order valence-electron chi connectivity index (χ0n) is 9.40. The van der Waals surface area contributed by atoms with Gasteiger partial charge in [-0.15, -0.1) is 0 Å². The number of sulfonamides is 1. The molecule has 0 radical (unpaired) electrons. The topological polar surface area (TPSA) is 54.5 Å². The van der Waals surface area contributed by atoms with Crippen LogP contribution in [0.1, 0.15) is 33.1 Å². The molecule has 1 fully saturated rings. The summed E-state index contributed by atoms with van der Waals surface area (Å²) in [5, 5.41) is 0. The normalized spacial score (nSPS) is 19.8. The highest BCUT2D eigenvalue weighted by Crippen LogP contribution is 2.13. The Morgan fingerprint density at radius 2 is 1.80 bits per heavy atom. The average Bonchev–Trinajstić information content (AvgIpc) is 2.16. The molecule has 0 aliphatic carbocycles. The van der Waals surface area contributed by atoms with Crippen LogP contribution in [0.5, 0.6) is 0 Å². The van der Waals surface area contributed by atoms with Gasteiger partial charge >= 0.3 is 0 Å². The summed E-state index contributed by atoms with van der Waals surface area (Å²) >= 11 is 0. The predicted octanol–water partition coefficient (Wildman–Crippen LogP) is 1.03. The van der Waals surface area contributed by atoms with Gasteiger partial charge < -0.3 is 0 Å². The number of piperidine rings is 1. The molecule has 0 unspecified atom stereocenters. The van der Waals surface area contributed by atoms with Crippen molar-refractivity contribution in [1.82, 2.24) is 4.31 Å². The number of nitrogens with zero attached hydrogens (tertiary/aromatic N) is 1. The Morgan fingerprint density at radius 1 is 1.27 bits per heavy atom. The number of hydrogen-bond acceptors (Lipinski definition) is 3. The molecule has 1 rings (SSSR count). The molecule has 1 heterocycles. The van der Waals surface area contributed by atoms with Gasteiger partial charge in [-0.25, -0.2) is 12.7 Å². The lowest BCUT2D eigenvalue weighted by molar-refractivity contribution is -0.120. The van der Waals surface area contributed by atoms with Gasteiger partial charge in [0.05, 0.1) is 5.75 Å². The number of carbonyl (C=O) groups excluding carboxylic acids is 1. The van der Waals surface area contributed by atoms with Gasteiger partial charge in [0.15, 0.2) is 0 Å². The summed E-state index contributed by atoms with van der Waals surface area (Å²) in [6.07, 6.45) is 1.44. The lowest BCUT2D eigenvalue weighted by Gasteiger charge is -2.25. The Kier molecular flexibility index (Phi) is 4.28. The van der Waals surface area contributed by atoms with Crippen LogP contribution in [0.15, 0.2) is 0 Å². The molecule has 0 aromatic carbocycles. The molecule has 0 aromatic heterocycles. The van der Waals surface area contributed by atoms with E-state index in [1.807, 2.05) is 13.8 Å². The maximum atomic E-state index is 11.8. The van der Waals surface area contributed by atoms with E-state index in [0.29, 0.717) is 38.3 Å². The van der Waals surface area contributed by atoms with E-state index in [0.717, 1.165) is 0 Å². The zero-order chi connectivity index (χ0) is 11.5. The minimum atomic E-state index is -3.12. The third-order valence-electron chi connectivity index (χ3n) is 2.63. The Hall–Kier alpha value is -0.420. The van der Waals surface area contributed by atoms with Gasteiger partial charge in [0.2, 0.25) is 10.0 Å². The summed E-state index contributed by atoms with van der Waals surface area (Å²) in [5.74, 6) is 0.773. The van der Waals surface area contributed by atoms with Crippen molar-refractivity contribution in [3.05, 3.63) is 0 Å². The smallest absolute Gasteiger partial charge is 0.214 e. The van der Waals surface area contributed by atoms with Gasteiger partial charge in [0.25, 0.3) is 0 Å². The van der Waals surface area contributed by atoms with Crippen LogP contribution in [0.25, 0.3) is 0 Å². The first-order chi connectivity index (χ1) is 6.92. The molecule has 0 aromatic rings. The highest BCUT2D eigenvalue weighted by molar-refractivity contribution is 7.89. The quantitative estimate of drug-likeness (QED) is 0.728. The molecule has 1 aliphatic rings. The van der Waals surface area contributed by atoms with Gasteiger partial charge in [-0.05, 0) is 12.3 Å². The van der Waals surface area contributed by atoms with E-state index >= 15 is 0 Å². The zero-order valence-corrected chi connectivity index (χ0v) is 10.2. The number of Topliss-reactive ketones (excluding diaryl/α,β-unsaturated/α-hetero) is 1. The van der Waals surface area contributed by atoms with Crippen molar-refractivity contribution in [3.8, 4) is 0 Å². The van der Waals surface area contributed by atoms with Crippen LogP contribution < -0.4 is 0 Å². The summed E-state index contributed by atoms with van der Waals surface area (Å²) in [5.41, 5.74) is 0. The average molecular weight is 233 g/mol. The molecule has 0 bridgehead atoms. The van der Waals surface area contributed by atoms with Crippen molar-refractivity contribution in [2.45, 2.75) is 33.1 Å². The van der Waals surface area contributed by atoms with E-state index in [-0.39, 0.29) is 11.5 Å². The van der Waals surface area contributed by atoms with Crippen LogP contribution in [-0.2, 0) is 14.8 Å². The molecule has 88 valence electrons. The largest absolute Gasteiger partial charge is 0.300 e. The van der Waals surface area contributed by atoms with Crippen LogP contribution in [-0.4, -0.2) is 37.3 Å². The van der Waals surface area contributed by atoms with Crippen LogP contribution >= 0.6 is 0 Å². The summed E-state index contributed by atoms with van der Waals surface area (Å²) in [7, 11) is -3.12. The SMILES string of the molecule is CC(C)CCS(=O)(=O)N1CCC(=O)CC1. The highest BCUT2D eigenvalue weighted by Gasteiger charge is 2.26. The maximum Gasteiger partial charge on any atom is 0.214 e. The van der Waals surface area contributed by atoms with Gasteiger partial charge in [0, 0.05) is 25.9 Å². The van der Waals surface area contributed by atoms with Crippen molar-refractivity contribution >= 4 is 15.8 Å². The van der Waals surface area contributed by atoms with Gasteiger partial charge in [-0.3, -0.25) is 4.79 Å². The monoisotopic (exact) mass is 233 g/mol. The summed E-state index contributed by atoms with van der Waals surface area (Å²) < 4.78 is 25.1. The van der Waals surface area contributed by atoms with Crippen LogP contribution in [0, 0.1) is 5.92 Å². The third kappa shape index (κ3) is 3.91. The van der Waals surface area contributed by atoms with Crippen LogP contribution in [0.3, 0.4) is 0 Å². The summed E-state index contributed by atoms with van der Waals surface area (Å²) in [6.45, 7) is 4.77. The lowest BCUT2D eigenvalue weighted by atomic mass is 10.1. The molecule has 0 atom stereocenters. The van der Waals surface area contributed by atoms with Crippen molar-refractivity contribution in [2.24, 2.45) is 5.92 Å². The Labute approximate surface area is 91.7 Å². The molecule has 5 heteroatoms. The maximum absolute atomic E-state index is 11.8. The number of ketones is 1. The van der Waals surface area contributed by atoms with Crippen molar-refractivity contribution < 1.29 is 13.2 Å². The molecule has 0 spiro atoms.